The number of halogens is 1. The van der Waals surface area contributed by atoms with Crippen molar-refractivity contribution in [2.45, 2.75) is 13.5 Å². The van der Waals surface area contributed by atoms with E-state index in [1.807, 2.05) is 66.0 Å². The first kappa shape index (κ1) is 28.3. The zero-order chi connectivity index (χ0) is 29.6. The van der Waals surface area contributed by atoms with Gasteiger partial charge in [-0.2, -0.15) is 5.10 Å². The van der Waals surface area contributed by atoms with E-state index in [0.29, 0.717) is 12.2 Å². The Bertz CT molecular complexity index is 1910. The molecule has 0 radical (unpaired) electrons. The van der Waals surface area contributed by atoms with Gasteiger partial charge in [-0.15, -0.1) is 11.3 Å². The summed E-state index contributed by atoms with van der Waals surface area (Å²) < 4.78 is 6.90. The molecule has 6 aromatic rings. The third-order valence-electron chi connectivity index (χ3n) is 6.85. The van der Waals surface area contributed by atoms with Crippen LogP contribution in [-0.4, -0.2) is 17.1 Å². The lowest BCUT2D eigenvalue weighted by Gasteiger charge is -2.11. The molecular weight excluding hydrogens is 620 g/mol. The number of aromatic nitrogens is 1. The number of ether oxygens (including phenoxy) is 1. The zero-order valence-corrected chi connectivity index (χ0v) is 25.7. The molecule has 43 heavy (non-hydrogen) atoms. The maximum atomic E-state index is 12.7. The topological polar surface area (TPSA) is 75.6 Å². The van der Waals surface area contributed by atoms with Crippen LogP contribution < -0.4 is 15.5 Å². The predicted molar refractivity (Wildman–Crippen MR) is 179 cm³/mol. The minimum Gasteiger partial charge on any atom is -0.488 e. The van der Waals surface area contributed by atoms with Gasteiger partial charge in [0.2, 0.25) is 0 Å². The van der Waals surface area contributed by atoms with Crippen molar-refractivity contribution < 1.29 is 9.53 Å². The molecule has 6 rings (SSSR count). The largest absolute Gasteiger partial charge is 0.488 e. The standard InChI is InChI=1S/C35H27BrN4O2S/c1-23-9-16-29(17-10-23)38-35-39-32(22-43-35)26-12-14-27(15-13-26)34(41)40-37-20-24-11-18-33(31(36)19-24)42-21-28-7-4-6-25-5-2-3-8-30(25)28/h2-20,22H,21H2,1H3,(H,38,39)(H,40,41)/b37-20-. The molecular formula is C35H27BrN4O2S. The maximum Gasteiger partial charge on any atom is 0.271 e. The van der Waals surface area contributed by atoms with E-state index in [2.05, 4.69) is 80.1 Å². The Morgan fingerprint density at radius 2 is 1.74 bits per heavy atom. The number of nitrogens with zero attached hydrogens (tertiary/aromatic N) is 2. The van der Waals surface area contributed by atoms with Gasteiger partial charge in [0.15, 0.2) is 5.13 Å². The Morgan fingerprint density at radius 1 is 0.953 bits per heavy atom. The molecule has 1 heterocycles. The SMILES string of the molecule is Cc1ccc(Nc2nc(-c3ccc(C(=O)N/N=C\c4ccc(OCc5cccc6ccccc56)c(Br)c4)cc3)cs2)cc1. The number of amides is 1. The molecule has 212 valence electrons. The summed E-state index contributed by atoms with van der Waals surface area (Å²) in [6.07, 6.45) is 1.60. The highest BCUT2D eigenvalue weighted by atomic mass is 79.9. The Labute approximate surface area is 262 Å². The second-order valence-corrected chi connectivity index (χ2v) is 11.6. The summed E-state index contributed by atoms with van der Waals surface area (Å²) in [5.41, 5.74) is 9.03. The van der Waals surface area contributed by atoms with E-state index in [9.17, 15) is 4.79 Å². The summed E-state index contributed by atoms with van der Waals surface area (Å²) in [5, 5.41) is 12.6. The summed E-state index contributed by atoms with van der Waals surface area (Å²) in [4.78, 5) is 17.3. The lowest BCUT2D eigenvalue weighted by atomic mass is 10.1. The monoisotopic (exact) mass is 646 g/mol. The van der Waals surface area contributed by atoms with Gasteiger partial charge in [0.05, 0.1) is 16.4 Å². The van der Waals surface area contributed by atoms with Crippen LogP contribution in [0.4, 0.5) is 10.8 Å². The highest BCUT2D eigenvalue weighted by Crippen LogP contribution is 2.29. The van der Waals surface area contributed by atoms with E-state index in [1.54, 1.807) is 18.3 Å². The van der Waals surface area contributed by atoms with Gasteiger partial charge in [-0.25, -0.2) is 10.4 Å². The summed E-state index contributed by atoms with van der Waals surface area (Å²) in [6, 6.07) is 35.7. The van der Waals surface area contributed by atoms with Crippen molar-refractivity contribution >= 4 is 61.0 Å². The minimum absolute atomic E-state index is 0.295. The number of nitrogens with one attached hydrogen (secondary N) is 2. The molecule has 0 bridgehead atoms. The first-order chi connectivity index (χ1) is 21.0. The number of fused-ring (bicyclic) bond motifs is 1. The molecule has 0 aliphatic heterocycles. The first-order valence-corrected chi connectivity index (χ1v) is 15.3. The Morgan fingerprint density at radius 3 is 2.56 bits per heavy atom. The van der Waals surface area contributed by atoms with Gasteiger partial charge in [-0.3, -0.25) is 4.79 Å². The number of hydrogen-bond donors (Lipinski definition) is 2. The van der Waals surface area contributed by atoms with Crippen molar-refractivity contribution in [2.24, 2.45) is 5.10 Å². The third kappa shape index (κ3) is 6.99. The number of carbonyl (C=O) groups is 1. The van der Waals surface area contributed by atoms with Crippen LogP contribution in [0.25, 0.3) is 22.0 Å². The van der Waals surface area contributed by atoms with E-state index in [1.165, 1.54) is 27.7 Å². The van der Waals surface area contributed by atoms with Gasteiger partial charge in [-0.05, 0) is 87.2 Å². The molecule has 0 atom stereocenters. The van der Waals surface area contributed by atoms with Gasteiger partial charge in [0.1, 0.15) is 12.4 Å². The van der Waals surface area contributed by atoms with Crippen LogP contribution in [0.2, 0.25) is 0 Å². The Hall–Kier alpha value is -4.79. The van der Waals surface area contributed by atoms with Crippen LogP contribution in [0.1, 0.15) is 27.0 Å². The molecule has 0 aliphatic carbocycles. The fourth-order valence-corrected chi connectivity index (χ4v) is 5.79. The highest BCUT2D eigenvalue weighted by Gasteiger charge is 2.09. The molecule has 0 unspecified atom stereocenters. The van der Waals surface area contributed by atoms with Gasteiger partial charge in [0.25, 0.3) is 5.91 Å². The molecule has 5 aromatic carbocycles. The Kier molecular flexibility index (Phi) is 8.58. The molecule has 8 heteroatoms. The van der Waals surface area contributed by atoms with Gasteiger partial charge in [-0.1, -0.05) is 72.3 Å². The van der Waals surface area contributed by atoms with Crippen LogP contribution in [-0.2, 0) is 6.61 Å². The number of anilines is 2. The average molecular weight is 648 g/mol. The number of hydrazone groups is 1. The van der Waals surface area contributed by atoms with E-state index in [0.717, 1.165) is 43.4 Å². The maximum absolute atomic E-state index is 12.7. The highest BCUT2D eigenvalue weighted by molar-refractivity contribution is 9.10. The fourth-order valence-electron chi connectivity index (χ4n) is 4.53. The van der Waals surface area contributed by atoms with Crippen molar-refractivity contribution in [3.8, 4) is 17.0 Å². The summed E-state index contributed by atoms with van der Waals surface area (Å²) in [5.74, 6) is 0.435. The molecule has 0 saturated carbocycles. The molecule has 0 aliphatic rings. The van der Waals surface area contributed by atoms with E-state index in [4.69, 9.17) is 4.74 Å². The van der Waals surface area contributed by atoms with E-state index in [-0.39, 0.29) is 5.91 Å². The van der Waals surface area contributed by atoms with Crippen molar-refractivity contribution in [1.29, 1.82) is 0 Å². The number of thiazole rings is 1. The molecule has 0 saturated heterocycles. The van der Waals surface area contributed by atoms with Crippen molar-refractivity contribution in [2.75, 3.05) is 5.32 Å². The van der Waals surface area contributed by atoms with Gasteiger partial charge in [0, 0.05) is 22.2 Å². The van der Waals surface area contributed by atoms with Crippen LogP contribution in [0.5, 0.6) is 5.75 Å². The van der Waals surface area contributed by atoms with Crippen LogP contribution in [0.15, 0.2) is 124 Å². The summed E-state index contributed by atoms with van der Waals surface area (Å²) >= 11 is 5.13. The minimum atomic E-state index is -0.295. The Balaban J connectivity index is 1.03. The second-order valence-electron chi connectivity index (χ2n) is 9.92. The van der Waals surface area contributed by atoms with Crippen molar-refractivity contribution in [1.82, 2.24) is 10.4 Å². The van der Waals surface area contributed by atoms with Crippen LogP contribution in [0.3, 0.4) is 0 Å². The lowest BCUT2D eigenvalue weighted by Crippen LogP contribution is -2.17. The number of aryl methyl sites for hydroxylation is 1. The second kappa shape index (κ2) is 13.0. The van der Waals surface area contributed by atoms with Gasteiger partial charge >= 0.3 is 0 Å². The number of carbonyl (C=O) groups excluding carboxylic acids is 1. The van der Waals surface area contributed by atoms with E-state index >= 15 is 0 Å². The van der Waals surface area contributed by atoms with Crippen LogP contribution in [0, 0.1) is 6.92 Å². The molecule has 2 N–H and O–H groups in total. The average Bonchev–Trinajstić information content (AvgIpc) is 3.50. The number of rotatable bonds is 9. The summed E-state index contributed by atoms with van der Waals surface area (Å²) in [7, 11) is 0. The third-order valence-corrected chi connectivity index (χ3v) is 8.23. The zero-order valence-electron chi connectivity index (χ0n) is 23.3. The van der Waals surface area contributed by atoms with Crippen molar-refractivity contribution in [3.05, 3.63) is 141 Å². The van der Waals surface area contributed by atoms with Crippen LogP contribution >= 0.6 is 27.3 Å². The smallest absolute Gasteiger partial charge is 0.271 e. The lowest BCUT2D eigenvalue weighted by molar-refractivity contribution is 0.0955. The molecule has 1 aromatic heterocycles. The molecule has 1 amide bonds. The molecule has 0 spiro atoms. The molecule has 0 fully saturated rings. The van der Waals surface area contributed by atoms with Gasteiger partial charge < -0.3 is 10.1 Å². The fraction of sp³-hybridized carbons (Fsp3) is 0.0571. The molecule has 6 nitrogen and oxygen atoms in total. The number of hydrogen-bond acceptors (Lipinski definition) is 6. The first-order valence-electron chi connectivity index (χ1n) is 13.6. The predicted octanol–water partition coefficient (Wildman–Crippen LogP) is 9.12. The number of benzene rings is 5. The van der Waals surface area contributed by atoms with Crippen molar-refractivity contribution in [3.63, 3.8) is 0 Å². The van der Waals surface area contributed by atoms with E-state index < -0.39 is 0 Å². The normalized spacial score (nSPS) is 11.1. The quantitative estimate of drug-likeness (QED) is 0.121. The summed E-state index contributed by atoms with van der Waals surface area (Å²) in [6.45, 7) is 2.51.